The molecule has 13 heteroatoms. The Labute approximate surface area is 187 Å². The van der Waals surface area contributed by atoms with Gasteiger partial charge in [-0.05, 0) is 42.8 Å². The number of carboxylic acid groups (broad SMARTS) is 2. The molecule has 1 aliphatic rings. The summed E-state index contributed by atoms with van der Waals surface area (Å²) in [5, 5.41) is 16.4. The molecule has 2 aromatic carbocycles. The highest BCUT2D eigenvalue weighted by Gasteiger charge is 2.38. The first-order valence-corrected chi connectivity index (χ1v) is 10.9. The zero-order chi connectivity index (χ0) is 24.8. The van der Waals surface area contributed by atoms with Crippen molar-refractivity contribution in [1.82, 2.24) is 0 Å². The van der Waals surface area contributed by atoms with Crippen molar-refractivity contribution < 1.29 is 46.1 Å². The number of carboxylic acids is 2. The predicted octanol–water partition coefficient (Wildman–Crippen LogP) is 2.96. The van der Waals surface area contributed by atoms with E-state index in [4.69, 9.17) is 14.6 Å². The number of nitrogens with one attached hydrogen (secondary N) is 1. The first-order valence-electron chi connectivity index (χ1n) is 9.41. The number of morpholine rings is 1. The van der Waals surface area contributed by atoms with Crippen LogP contribution in [0.2, 0.25) is 0 Å². The van der Waals surface area contributed by atoms with Crippen LogP contribution in [0, 0.1) is 6.92 Å². The Bertz CT molecular complexity index is 1110. The van der Waals surface area contributed by atoms with Gasteiger partial charge in [0.05, 0.1) is 35.0 Å². The molecule has 1 heterocycles. The summed E-state index contributed by atoms with van der Waals surface area (Å²) in [6, 6.07) is 11.0. The number of ether oxygens (including phenoxy) is 1. The van der Waals surface area contributed by atoms with Crippen LogP contribution in [0.25, 0.3) is 0 Å². The van der Waals surface area contributed by atoms with Gasteiger partial charge in [-0.2, -0.15) is 13.2 Å². The van der Waals surface area contributed by atoms with E-state index in [1.807, 2.05) is 17.9 Å². The monoisotopic (exact) mass is 490 g/mol. The lowest BCUT2D eigenvalue weighted by atomic mass is 10.1. The Morgan fingerprint density at radius 2 is 1.67 bits per heavy atom. The van der Waals surface area contributed by atoms with Gasteiger partial charge in [0.1, 0.15) is 0 Å². The second kappa shape index (κ2) is 10.5. The average Bonchev–Trinajstić information content (AvgIpc) is 2.74. The molecule has 0 spiro atoms. The highest BCUT2D eigenvalue weighted by atomic mass is 32.2. The summed E-state index contributed by atoms with van der Waals surface area (Å²) in [7, 11) is -3.84. The molecule has 2 aromatic rings. The Kier molecular flexibility index (Phi) is 8.28. The van der Waals surface area contributed by atoms with Crippen LogP contribution < -0.4 is 9.62 Å². The third kappa shape index (κ3) is 7.36. The minimum atomic E-state index is -5.08. The van der Waals surface area contributed by atoms with Crippen LogP contribution in [0.15, 0.2) is 47.4 Å². The van der Waals surface area contributed by atoms with E-state index >= 15 is 0 Å². The molecule has 0 bridgehead atoms. The standard InChI is InChI=1S/C18H20N2O5S.C2HF3O2/c1-13-3-2-4-15(11-13)26(23,24)19-16-12-14(18(21)22)5-6-17(16)20-7-9-25-10-8-20;3-2(4,5)1(6)7/h2-6,11-12,19H,7-10H2,1H3,(H,21,22);(H,6,7). The van der Waals surface area contributed by atoms with Crippen LogP contribution in [0.1, 0.15) is 15.9 Å². The molecule has 33 heavy (non-hydrogen) atoms. The minimum absolute atomic E-state index is 0.0175. The van der Waals surface area contributed by atoms with E-state index in [2.05, 4.69) is 4.72 Å². The fraction of sp³-hybridized carbons (Fsp3) is 0.300. The topological polar surface area (TPSA) is 133 Å². The maximum atomic E-state index is 12.8. The molecule has 0 aliphatic carbocycles. The second-order valence-corrected chi connectivity index (χ2v) is 8.54. The lowest BCUT2D eigenvalue weighted by molar-refractivity contribution is -0.192. The highest BCUT2D eigenvalue weighted by Crippen LogP contribution is 2.30. The number of anilines is 2. The van der Waals surface area contributed by atoms with Crippen molar-refractivity contribution in [3.8, 4) is 0 Å². The molecule has 3 N–H and O–H groups in total. The maximum absolute atomic E-state index is 12.8. The van der Waals surface area contributed by atoms with Crippen molar-refractivity contribution in [1.29, 1.82) is 0 Å². The Balaban J connectivity index is 0.000000479. The van der Waals surface area contributed by atoms with Crippen molar-refractivity contribution in [3.05, 3.63) is 53.6 Å². The van der Waals surface area contributed by atoms with E-state index in [0.717, 1.165) is 5.56 Å². The first-order chi connectivity index (χ1) is 15.3. The van der Waals surface area contributed by atoms with Crippen molar-refractivity contribution >= 4 is 33.3 Å². The maximum Gasteiger partial charge on any atom is 0.490 e. The van der Waals surface area contributed by atoms with Gasteiger partial charge in [0.2, 0.25) is 0 Å². The lowest BCUT2D eigenvalue weighted by Crippen LogP contribution is -2.36. The summed E-state index contributed by atoms with van der Waals surface area (Å²) < 4.78 is 65.2. The smallest absolute Gasteiger partial charge is 0.478 e. The zero-order valence-corrected chi connectivity index (χ0v) is 18.1. The fourth-order valence-corrected chi connectivity index (χ4v) is 3.99. The number of halogens is 3. The number of sulfonamides is 1. The zero-order valence-electron chi connectivity index (χ0n) is 17.3. The summed E-state index contributed by atoms with van der Waals surface area (Å²) in [4.78, 5) is 22.3. The number of aliphatic carboxylic acids is 1. The molecule has 1 fully saturated rings. The van der Waals surface area contributed by atoms with Crippen molar-refractivity contribution in [3.63, 3.8) is 0 Å². The molecule has 0 aromatic heterocycles. The van der Waals surface area contributed by atoms with E-state index in [9.17, 15) is 31.5 Å². The number of rotatable bonds is 5. The third-order valence-corrected chi connectivity index (χ3v) is 5.75. The van der Waals surface area contributed by atoms with Crippen LogP contribution in [0.3, 0.4) is 0 Å². The number of carbonyl (C=O) groups is 2. The SMILES string of the molecule is Cc1cccc(S(=O)(=O)Nc2cc(C(=O)O)ccc2N2CCOCC2)c1.O=C(O)C(F)(F)F. The Morgan fingerprint density at radius 3 is 2.18 bits per heavy atom. The number of aryl methyl sites for hydroxylation is 1. The molecule has 180 valence electrons. The summed E-state index contributed by atoms with van der Waals surface area (Å²) in [5.41, 5.74) is 1.72. The normalized spacial score (nSPS) is 14.1. The van der Waals surface area contributed by atoms with E-state index in [1.165, 1.54) is 18.2 Å². The Hall–Kier alpha value is -3.32. The van der Waals surface area contributed by atoms with Gasteiger partial charge in [0, 0.05) is 13.1 Å². The molecule has 0 amide bonds. The average molecular weight is 490 g/mol. The number of aromatic carboxylic acids is 1. The highest BCUT2D eigenvalue weighted by molar-refractivity contribution is 7.92. The Morgan fingerprint density at radius 1 is 1.06 bits per heavy atom. The largest absolute Gasteiger partial charge is 0.490 e. The van der Waals surface area contributed by atoms with Gasteiger partial charge in [-0.3, -0.25) is 4.72 Å². The number of nitrogens with zero attached hydrogens (tertiary/aromatic N) is 1. The summed E-state index contributed by atoms with van der Waals surface area (Å²) in [5.74, 6) is -3.87. The fourth-order valence-electron chi connectivity index (χ4n) is 2.82. The van der Waals surface area contributed by atoms with E-state index in [-0.39, 0.29) is 16.1 Å². The molecule has 0 radical (unpaired) electrons. The van der Waals surface area contributed by atoms with Crippen LogP contribution >= 0.6 is 0 Å². The molecule has 0 atom stereocenters. The molecule has 1 saturated heterocycles. The van der Waals surface area contributed by atoms with Gasteiger partial charge >= 0.3 is 18.1 Å². The molecule has 9 nitrogen and oxygen atoms in total. The second-order valence-electron chi connectivity index (χ2n) is 6.86. The summed E-state index contributed by atoms with van der Waals surface area (Å²) in [6.45, 7) is 4.08. The van der Waals surface area contributed by atoms with Gasteiger partial charge in [-0.1, -0.05) is 12.1 Å². The van der Waals surface area contributed by atoms with Crippen LogP contribution in [0.5, 0.6) is 0 Å². The van der Waals surface area contributed by atoms with Gasteiger partial charge < -0.3 is 19.8 Å². The number of alkyl halides is 3. The van der Waals surface area contributed by atoms with E-state index in [0.29, 0.717) is 32.0 Å². The van der Waals surface area contributed by atoms with E-state index in [1.54, 1.807) is 18.2 Å². The summed E-state index contributed by atoms with van der Waals surface area (Å²) >= 11 is 0. The van der Waals surface area contributed by atoms with Crippen LogP contribution in [-0.2, 0) is 19.6 Å². The summed E-state index contributed by atoms with van der Waals surface area (Å²) in [6.07, 6.45) is -5.08. The number of hydrogen-bond acceptors (Lipinski definition) is 6. The van der Waals surface area contributed by atoms with Crippen molar-refractivity contribution in [2.24, 2.45) is 0 Å². The lowest BCUT2D eigenvalue weighted by Gasteiger charge is -2.30. The molecular formula is C20H21F3N2O7S. The number of benzene rings is 2. The molecule has 1 aliphatic heterocycles. The first kappa shape index (κ1) is 25.9. The van der Waals surface area contributed by atoms with Gasteiger partial charge in [0.15, 0.2) is 0 Å². The van der Waals surface area contributed by atoms with Crippen molar-refractivity contribution in [2.75, 3.05) is 35.9 Å². The molecule has 3 rings (SSSR count). The molecule has 0 unspecified atom stereocenters. The predicted molar refractivity (Wildman–Crippen MR) is 112 cm³/mol. The minimum Gasteiger partial charge on any atom is -0.478 e. The quantitative estimate of drug-likeness (QED) is 0.583. The van der Waals surface area contributed by atoms with Crippen LogP contribution in [-0.4, -0.2) is 63.0 Å². The molecular weight excluding hydrogens is 469 g/mol. The van der Waals surface area contributed by atoms with Gasteiger partial charge in [-0.25, -0.2) is 18.0 Å². The van der Waals surface area contributed by atoms with Crippen LogP contribution in [0.4, 0.5) is 24.5 Å². The van der Waals surface area contributed by atoms with Gasteiger partial charge in [0.25, 0.3) is 10.0 Å². The van der Waals surface area contributed by atoms with Crippen molar-refractivity contribution in [2.45, 2.75) is 18.0 Å². The van der Waals surface area contributed by atoms with E-state index < -0.39 is 28.1 Å². The van der Waals surface area contributed by atoms with Gasteiger partial charge in [-0.15, -0.1) is 0 Å². The molecule has 0 saturated carbocycles. The number of hydrogen-bond donors (Lipinski definition) is 3. The third-order valence-electron chi connectivity index (χ3n) is 4.38.